The zero-order chi connectivity index (χ0) is 32.5. The number of nitrogens with zero attached hydrogens (tertiary/aromatic N) is 3. The molecule has 232 valence electrons. The number of fused-ring (bicyclic) bond motifs is 9. The molecule has 7 aromatic carbocycles. The summed E-state index contributed by atoms with van der Waals surface area (Å²) >= 11 is 0. The minimum Gasteiger partial charge on any atom is -0.456 e. The molecule has 2 N–H and O–H groups in total. The molecule has 5 heteroatoms. The highest BCUT2D eigenvalue weighted by Gasteiger charge is 2.20. The highest BCUT2D eigenvalue weighted by Crippen LogP contribution is 2.41. The van der Waals surface area contributed by atoms with Crippen LogP contribution in [0.5, 0.6) is 0 Å². The van der Waals surface area contributed by atoms with E-state index in [1.807, 2.05) is 54.9 Å². The second-order valence-electron chi connectivity index (χ2n) is 12.6. The van der Waals surface area contributed by atoms with Crippen molar-refractivity contribution in [1.29, 1.82) is 0 Å². The monoisotopic (exact) mass is 630 g/mol. The summed E-state index contributed by atoms with van der Waals surface area (Å²) in [6.45, 7) is 0. The van der Waals surface area contributed by atoms with Crippen molar-refractivity contribution in [3.8, 4) is 5.69 Å². The lowest BCUT2D eigenvalue weighted by Crippen LogP contribution is -2.11. The molecule has 10 aromatic rings. The van der Waals surface area contributed by atoms with Crippen molar-refractivity contribution in [2.45, 2.75) is 6.04 Å². The molecule has 0 radical (unpaired) electrons. The Morgan fingerprint density at radius 3 is 1.98 bits per heavy atom. The third-order valence-corrected chi connectivity index (χ3v) is 9.85. The zero-order valence-corrected chi connectivity index (χ0v) is 26.5. The van der Waals surface area contributed by atoms with Gasteiger partial charge in [0.15, 0.2) is 0 Å². The van der Waals surface area contributed by atoms with Gasteiger partial charge in [-0.25, -0.2) is 4.99 Å². The molecule has 0 fully saturated rings. The number of hydrogen-bond donors (Lipinski definition) is 1. The molecule has 49 heavy (non-hydrogen) atoms. The molecule has 1 atom stereocenters. The molecule has 10 rings (SSSR count). The molecule has 0 saturated carbocycles. The van der Waals surface area contributed by atoms with Crippen LogP contribution in [0.15, 0.2) is 167 Å². The fraction of sp³-hybridized carbons (Fsp3) is 0.0227. The third kappa shape index (κ3) is 4.26. The quantitative estimate of drug-likeness (QED) is 0.152. The van der Waals surface area contributed by atoms with Crippen LogP contribution in [-0.2, 0) is 0 Å². The normalized spacial score (nSPS) is 12.8. The minimum atomic E-state index is -0.302. The van der Waals surface area contributed by atoms with E-state index < -0.39 is 0 Å². The third-order valence-electron chi connectivity index (χ3n) is 9.85. The topological polar surface area (TPSA) is 61.4 Å². The summed E-state index contributed by atoms with van der Waals surface area (Å²) in [4.78, 5) is 5.14. The van der Waals surface area contributed by atoms with E-state index in [1.54, 1.807) is 0 Å². The van der Waals surface area contributed by atoms with Gasteiger partial charge in [0.1, 0.15) is 17.5 Å². The Labute approximate surface area is 281 Å². The zero-order valence-electron chi connectivity index (χ0n) is 26.5. The van der Waals surface area contributed by atoms with Crippen molar-refractivity contribution in [3.63, 3.8) is 0 Å². The van der Waals surface area contributed by atoms with Crippen LogP contribution < -0.4 is 5.73 Å². The van der Waals surface area contributed by atoms with E-state index in [1.165, 1.54) is 16.3 Å². The van der Waals surface area contributed by atoms with Crippen LogP contribution in [0, 0.1) is 0 Å². The Morgan fingerprint density at radius 1 is 0.510 bits per heavy atom. The summed E-state index contributed by atoms with van der Waals surface area (Å²) in [6.07, 6.45) is 1.94. The number of rotatable bonds is 5. The second-order valence-corrected chi connectivity index (χ2v) is 12.6. The van der Waals surface area contributed by atoms with E-state index in [-0.39, 0.29) is 6.04 Å². The van der Waals surface area contributed by atoms with Crippen LogP contribution in [0.3, 0.4) is 0 Å². The van der Waals surface area contributed by atoms with Crippen molar-refractivity contribution in [1.82, 2.24) is 9.13 Å². The van der Waals surface area contributed by atoms with Gasteiger partial charge in [-0.15, -0.1) is 0 Å². The van der Waals surface area contributed by atoms with Crippen molar-refractivity contribution >= 4 is 77.6 Å². The number of aliphatic imine (C=N–C) groups is 1. The molecule has 3 aromatic heterocycles. The van der Waals surface area contributed by atoms with Crippen LogP contribution in [0.2, 0.25) is 0 Å². The van der Waals surface area contributed by atoms with E-state index >= 15 is 0 Å². The first kappa shape index (κ1) is 27.7. The Balaban J connectivity index is 1.27. The maximum Gasteiger partial charge on any atom is 0.137 e. The van der Waals surface area contributed by atoms with Gasteiger partial charge in [-0.1, -0.05) is 103 Å². The van der Waals surface area contributed by atoms with Crippen LogP contribution in [0.25, 0.3) is 71.2 Å². The standard InChI is InChI=1S/C44H30N4O/c45-44(28-13-3-1-4-14-28)32-19-7-10-20-37(32)46-27-47-39-25-41-33(30-17-8-11-21-38(30)48(41)29-15-5-2-6-16-29)23-34(39)35-24-36-31-18-9-12-22-42(31)49-43(36)26-40(35)47/h1-27,44H,45H2. The van der Waals surface area contributed by atoms with Crippen LogP contribution in [-0.4, -0.2) is 15.5 Å². The summed E-state index contributed by atoms with van der Waals surface area (Å²) in [6, 6.07) is 54.6. The minimum absolute atomic E-state index is 0.302. The van der Waals surface area contributed by atoms with Crippen molar-refractivity contribution in [2.24, 2.45) is 10.7 Å². The van der Waals surface area contributed by atoms with E-state index in [9.17, 15) is 0 Å². The molecule has 0 aliphatic carbocycles. The number of furan rings is 1. The van der Waals surface area contributed by atoms with Crippen LogP contribution >= 0.6 is 0 Å². The van der Waals surface area contributed by atoms with E-state index in [2.05, 4.69) is 118 Å². The van der Waals surface area contributed by atoms with Gasteiger partial charge < -0.3 is 14.7 Å². The fourth-order valence-corrected chi connectivity index (χ4v) is 7.53. The SMILES string of the molecule is NC(c1ccccc1)c1ccccc1N=Cn1c2cc3oc4ccccc4c3cc2c2cc3c4ccccc4n(-c4ccccc4)c3cc21. The summed E-state index contributed by atoms with van der Waals surface area (Å²) in [5.74, 6) is 0. The van der Waals surface area contributed by atoms with Gasteiger partial charge in [-0.05, 0) is 59.7 Å². The molecule has 0 saturated heterocycles. The van der Waals surface area contributed by atoms with E-state index in [0.717, 1.165) is 71.8 Å². The van der Waals surface area contributed by atoms with Crippen molar-refractivity contribution in [3.05, 3.63) is 169 Å². The number of aromatic nitrogens is 2. The molecule has 3 heterocycles. The van der Waals surface area contributed by atoms with Gasteiger partial charge >= 0.3 is 0 Å². The summed E-state index contributed by atoms with van der Waals surface area (Å²) in [5, 5.41) is 6.94. The summed E-state index contributed by atoms with van der Waals surface area (Å²) < 4.78 is 11.0. The summed E-state index contributed by atoms with van der Waals surface area (Å²) in [7, 11) is 0. The largest absolute Gasteiger partial charge is 0.456 e. The highest BCUT2D eigenvalue weighted by molar-refractivity contribution is 6.23. The van der Waals surface area contributed by atoms with E-state index in [4.69, 9.17) is 15.1 Å². The first-order valence-electron chi connectivity index (χ1n) is 16.5. The molecule has 1 unspecified atom stereocenters. The average molecular weight is 631 g/mol. The molecule has 5 nitrogen and oxygen atoms in total. The van der Waals surface area contributed by atoms with Crippen molar-refractivity contribution < 1.29 is 4.42 Å². The Hall–Kier alpha value is -6.43. The summed E-state index contributed by atoms with van der Waals surface area (Å²) in [5.41, 5.74) is 16.9. The highest BCUT2D eigenvalue weighted by atomic mass is 16.3. The molecule has 0 bridgehead atoms. The number of benzene rings is 7. The molecular weight excluding hydrogens is 601 g/mol. The lowest BCUT2D eigenvalue weighted by atomic mass is 9.98. The van der Waals surface area contributed by atoms with Gasteiger partial charge in [-0.3, -0.25) is 4.57 Å². The second kappa shape index (κ2) is 10.8. The average Bonchev–Trinajstić information content (AvgIpc) is 3.79. The maximum absolute atomic E-state index is 6.82. The fourth-order valence-electron chi connectivity index (χ4n) is 7.53. The molecule has 0 spiro atoms. The Bertz CT molecular complexity index is 2890. The van der Waals surface area contributed by atoms with Gasteiger partial charge in [-0.2, -0.15) is 0 Å². The molecule has 0 aliphatic heterocycles. The maximum atomic E-state index is 6.82. The van der Waals surface area contributed by atoms with Crippen LogP contribution in [0.4, 0.5) is 5.69 Å². The predicted octanol–water partition coefficient (Wildman–Crippen LogP) is 11.0. The molecular formula is C44H30N4O. The van der Waals surface area contributed by atoms with Gasteiger partial charge in [0.2, 0.25) is 0 Å². The molecule has 0 aliphatic rings. The smallest absolute Gasteiger partial charge is 0.137 e. The van der Waals surface area contributed by atoms with Crippen molar-refractivity contribution in [2.75, 3.05) is 0 Å². The predicted molar refractivity (Wildman–Crippen MR) is 204 cm³/mol. The Morgan fingerprint density at radius 2 is 1.14 bits per heavy atom. The van der Waals surface area contributed by atoms with Crippen LogP contribution in [0.1, 0.15) is 17.2 Å². The van der Waals surface area contributed by atoms with E-state index in [0.29, 0.717) is 0 Å². The van der Waals surface area contributed by atoms with Gasteiger partial charge in [0, 0.05) is 44.1 Å². The first-order chi connectivity index (χ1) is 24.2. The lowest BCUT2D eigenvalue weighted by molar-refractivity contribution is 0.669. The number of hydrogen-bond acceptors (Lipinski definition) is 3. The number of para-hydroxylation sites is 4. The van der Waals surface area contributed by atoms with Gasteiger partial charge in [0.05, 0.1) is 33.8 Å². The number of nitrogens with two attached hydrogens (primary N) is 1. The first-order valence-corrected chi connectivity index (χ1v) is 16.5. The Kier molecular flexibility index (Phi) is 6.10. The molecule has 0 amide bonds. The lowest BCUT2D eigenvalue weighted by Gasteiger charge is -2.14. The van der Waals surface area contributed by atoms with Gasteiger partial charge in [0.25, 0.3) is 0 Å².